The molecule has 0 amide bonds. The number of fused-ring (bicyclic) bond motifs is 1. The Bertz CT molecular complexity index is 662. The molecule has 1 aromatic carbocycles. The number of benzene rings is 1. The summed E-state index contributed by atoms with van der Waals surface area (Å²) in [5.74, 6) is 0. The molecular weight excluding hydrogens is 238 g/mol. The summed E-state index contributed by atoms with van der Waals surface area (Å²) in [5, 5.41) is 3.29. The van der Waals surface area contributed by atoms with Gasteiger partial charge in [0.15, 0.2) is 0 Å². The number of aromatic nitrogens is 4. The summed E-state index contributed by atoms with van der Waals surface area (Å²) in [6, 6.07) is 8.29. The lowest BCUT2D eigenvalue weighted by Gasteiger charge is -2.16. The molecule has 3 rings (SSSR count). The normalized spacial score (nSPS) is 12.7. The predicted octanol–water partition coefficient (Wildman–Crippen LogP) is 1.79. The van der Waals surface area contributed by atoms with E-state index in [0.717, 1.165) is 23.1 Å². The number of para-hydroxylation sites is 2. The zero-order chi connectivity index (χ0) is 13.1. The lowest BCUT2D eigenvalue weighted by molar-refractivity contribution is 0.505. The topological polar surface area (TPSA) is 55.6 Å². The third-order valence-corrected chi connectivity index (χ3v) is 3.24. The maximum Gasteiger partial charge on any atom is 0.115 e. The van der Waals surface area contributed by atoms with Gasteiger partial charge >= 0.3 is 0 Å². The summed E-state index contributed by atoms with van der Waals surface area (Å²) in [6.07, 6.45) is 7.10. The van der Waals surface area contributed by atoms with Gasteiger partial charge in [-0.3, -0.25) is 0 Å². The molecule has 0 spiro atoms. The molecule has 1 N–H and O–H groups in total. The smallest absolute Gasteiger partial charge is 0.115 e. The second-order valence-corrected chi connectivity index (χ2v) is 4.40. The Morgan fingerprint density at radius 2 is 2.00 bits per heavy atom. The first-order valence-electron chi connectivity index (χ1n) is 6.20. The van der Waals surface area contributed by atoms with Crippen LogP contribution < -0.4 is 5.32 Å². The van der Waals surface area contributed by atoms with E-state index in [0.29, 0.717) is 0 Å². The van der Waals surface area contributed by atoms with E-state index in [1.807, 2.05) is 44.0 Å². The fourth-order valence-electron chi connectivity index (χ4n) is 2.21. The zero-order valence-electron chi connectivity index (χ0n) is 10.7. The number of likely N-dealkylation sites (N-methyl/N-ethyl adjacent to an activating group) is 1. The van der Waals surface area contributed by atoms with E-state index in [-0.39, 0.29) is 6.04 Å². The molecule has 0 aliphatic heterocycles. The van der Waals surface area contributed by atoms with E-state index in [1.54, 1.807) is 6.33 Å². The van der Waals surface area contributed by atoms with Crippen LogP contribution in [0.1, 0.15) is 11.6 Å². The van der Waals surface area contributed by atoms with Crippen molar-refractivity contribution >= 4 is 11.0 Å². The minimum Gasteiger partial charge on any atom is -0.329 e. The van der Waals surface area contributed by atoms with Crippen molar-refractivity contribution in [1.29, 1.82) is 0 Å². The molecule has 0 radical (unpaired) electrons. The number of hydrogen-bond donors (Lipinski definition) is 1. The van der Waals surface area contributed by atoms with Crippen molar-refractivity contribution in [2.45, 2.75) is 12.6 Å². The van der Waals surface area contributed by atoms with E-state index in [1.165, 1.54) is 0 Å². The highest BCUT2D eigenvalue weighted by Crippen LogP contribution is 2.17. The third-order valence-electron chi connectivity index (χ3n) is 3.24. The van der Waals surface area contributed by atoms with Crippen LogP contribution in [0.4, 0.5) is 0 Å². The van der Waals surface area contributed by atoms with Crippen molar-refractivity contribution in [3.63, 3.8) is 0 Å². The first-order valence-corrected chi connectivity index (χ1v) is 6.20. The summed E-state index contributed by atoms with van der Waals surface area (Å²) >= 11 is 0. The molecule has 0 saturated heterocycles. The lowest BCUT2D eigenvalue weighted by Crippen LogP contribution is -2.22. The molecule has 19 heavy (non-hydrogen) atoms. The van der Waals surface area contributed by atoms with Gasteiger partial charge in [-0.2, -0.15) is 0 Å². The van der Waals surface area contributed by atoms with E-state index in [4.69, 9.17) is 0 Å². The van der Waals surface area contributed by atoms with Crippen LogP contribution in [0.15, 0.2) is 49.3 Å². The third kappa shape index (κ3) is 2.32. The van der Waals surface area contributed by atoms with Crippen molar-refractivity contribution in [2.75, 3.05) is 7.05 Å². The van der Waals surface area contributed by atoms with E-state index in [2.05, 4.69) is 30.9 Å². The highest BCUT2D eigenvalue weighted by molar-refractivity contribution is 5.74. The van der Waals surface area contributed by atoms with Gasteiger partial charge in [-0.15, -0.1) is 0 Å². The fourth-order valence-corrected chi connectivity index (χ4v) is 2.21. The van der Waals surface area contributed by atoms with Gasteiger partial charge in [0, 0.05) is 24.5 Å². The molecular formula is C14H15N5. The molecule has 1 unspecified atom stereocenters. The van der Waals surface area contributed by atoms with Gasteiger partial charge in [-0.05, 0) is 19.2 Å². The number of imidazole rings is 1. The molecule has 2 aromatic heterocycles. The van der Waals surface area contributed by atoms with E-state index >= 15 is 0 Å². The average Bonchev–Trinajstić information content (AvgIpc) is 2.89. The van der Waals surface area contributed by atoms with Crippen LogP contribution in [0, 0.1) is 0 Å². The van der Waals surface area contributed by atoms with Gasteiger partial charge in [0.25, 0.3) is 0 Å². The number of rotatable bonds is 4. The second kappa shape index (κ2) is 5.16. The molecule has 3 aromatic rings. The SMILES string of the molecule is CNC(Cn1cnc2ccccc21)c1cncnc1. The summed E-state index contributed by atoms with van der Waals surface area (Å²) < 4.78 is 2.14. The van der Waals surface area contributed by atoms with Crippen LogP contribution in [0.3, 0.4) is 0 Å². The molecule has 0 fully saturated rings. The molecule has 96 valence electrons. The maximum atomic E-state index is 4.40. The van der Waals surface area contributed by atoms with Gasteiger partial charge < -0.3 is 9.88 Å². The second-order valence-electron chi connectivity index (χ2n) is 4.40. The van der Waals surface area contributed by atoms with Crippen LogP contribution >= 0.6 is 0 Å². The van der Waals surface area contributed by atoms with Crippen molar-refractivity contribution in [1.82, 2.24) is 24.8 Å². The van der Waals surface area contributed by atoms with Crippen LogP contribution in [0.25, 0.3) is 11.0 Å². The van der Waals surface area contributed by atoms with Crippen molar-refractivity contribution in [3.8, 4) is 0 Å². The molecule has 1 atom stereocenters. The molecule has 0 aliphatic carbocycles. The summed E-state index contributed by atoms with van der Waals surface area (Å²) in [7, 11) is 1.94. The minimum absolute atomic E-state index is 0.166. The van der Waals surface area contributed by atoms with E-state index < -0.39 is 0 Å². The Hall–Kier alpha value is -2.27. The number of nitrogens with one attached hydrogen (secondary N) is 1. The summed E-state index contributed by atoms with van der Waals surface area (Å²) in [4.78, 5) is 12.5. The van der Waals surface area contributed by atoms with Gasteiger partial charge in [-0.25, -0.2) is 15.0 Å². The first kappa shape index (κ1) is 11.8. The molecule has 0 saturated carbocycles. The Morgan fingerprint density at radius 3 is 2.79 bits per heavy atom. The summed E-state index contributed by atoms with van der Waals surface area (Å²) in [5.41, 5.74) is 3.23. The average molecular weight is 253 g/mol. The monoisotopic (exact) mass is 253 g/mol. The van der Waals surface area contributed by atoms with Crippen molar-refractivity contribution in [3.05, 3.63) is 54.9 Å². The minimum atomic E-state index is 0.166. The highest BCUT2D eigenvalue weighted by Gasteiger charge is 2.12. The standard InChI is InChI=1S/C14H15N5/c1-15-13(11-6-16-9-17-7-11)8-19-10-18-12-4-2-3-5-14(12)19/h2-7,9-10,13,15H,8H2,1H3. The number of nitrogens with zero attached hydrogens (tertiary/aromatic N) is 4. The molecule has 0 bridgehead atoms. The van der Waals surface area contributed by atoms with Gasteiger partial charge in [0.1, 0.15) is 6.33 Å². The molecule has 5 nitrogen and oxygen atoms in total. The largest absolute Gasteiger partial charge is 0.329 e. The predicted molar refractivity (Wildman–Crippen MR) is 73.6 cm³/mol. The fraction of sp³-hybridized carbons (Fsp3) is 0.214. The Balaban J connectivity index is 1.91. The van der Waals surface area contributed by atoms with Gasteiger partial charge in [0.2, 0.25) is 0 Å². The first-order chi connectivity index (χ1) is 9.38. The van der Waals surface area contributed by atoms with Crippen molar-refractivity contribution in [2.24, 2.45) is 0 Å². The Labute approximate surface area is 111 Å². The highest BCUT2D eigenvalue weighted by atomic mass is 15.1. The van der Waals surface area contributed by atoms with Crippen molar-refractivity contribution < 1.29 is 0 Å². The maximum absolute atomic E-state index is 4.40. The quantitative estimate of drug-likeness (QED) is 0.770. The van der Waals surface area contributed by atoms with Crippen LogP contribution in [0.5, 0.6) is 0 Å². The summed E-state index contributed by atoms with van der Waals surface area (Å²) in [6.45, 7) is 0.796. The molecule has 2 heterocycles. The van der Waals surface area contributed by atoms with Crippen LogP contribution in [-0.4, -0.2) is 26.6 Å². The molecule has 0 aliphatic rings. The Morgan fingerprint density at radius 1 is 1.21 bits per heavy atom. The van der Waals surface area contributed by atoms with Crippen LogP contribution in [-0.2, 0) is 6.54 Å². The zero-order valence-corrected chi connectivity index (χ0v) is 10.7. The Kier molecular flexibility index (Phi) is 3.20. The van der Waals surface area contributed by atoms with E-state index in [9.17, 15) is 0 Å². The molecule has 5 heteroatoms. The van der Waals surface area contributed by atoms with Gasteiger partial charge in [0.05, 0.1) is 23.4 Å². The van der Waals surface area contributed by atoms with Crippen LogP contribution in [0.2, 0.25) is 0 Å². The number of hydrogen-bond acceptors (Lipinski definition) is 4. The van der Waals surface area contributed by atoms with Gasteiger partial charge in [-0.1, -0.05) is 12.1 Å². The lowest BCUT2D eigenvalue weighted by atomic mass is 10.1.